The zero-order chi connectivity index (χ0) is 8.41. The molecular weight excluding hydrogens is 164 g/mol. The molecule has 76 valence electrons. The highest BCUT2D eigenvalue weighted by molar-refractivity contribution is 5.59. The Morgan fingerprint density at radius 2 is 1.33 bits per heavy atom. The van der Waals surface area contributed by atoms with Gasteiger partial charge in [0.15, 0.2) is 0 Å². The lowest BCUT2D eigenvalue weighted by Crippen LogP contribution is -1.97. The number of ether oxygens (including phenoxy) is 3. The van der Waals surface area contributed by atoms with E-state index in [1.54, 1.807) is 0 Å². The van der Waals surface area contributed by atoms with Gasteiger partial charge in [0.25, 0.3) is 6.47 Å². The van der Waals surface area contributed by atoms with E-state index in [-0.39, 0.29) is 14.9 Å². The van der Waals surface area contributed by atoms with Crippen molar-refractivity contribution < 1.29 is 23.8 Å². The highest BCUT2D eigenvalue weighted by atomic mass is 16.7. The second-order valence-corrected chi connectivity index (χ2v) is 0.990. The zero-order valence-corrected chi connectivity index (χ0v) is 6.12. The molecule has 0 fully saturated rings. The summed E-state index contributed by atoms with van der Waals surface area (Å²) in [6, 6.07) is 0. The van der Waals surface area contributed by atoms with Crippen LogP contribution in [0.5, 0.6) is 0 Å². The van der Waals surface area contributed by atoms with E-state index in [1.807, 2.05) is 0 Å². The molecule has 5 heteroatoms. The van der Waals surface area contributed by atoms with Crippen molar-refractivity contribution in [1.29, 1.82) is 0 Å². The predicted octanol–water partition coefficient (Wildman–Crippen LogP) is 1.46. The van der Waals surface area contributed by atoms with Crippen molar-refractivity contribution in [2.24, 2.45) is 0 Å². The first-order valence-corrected chi connectivity index (χ1v) is 2.31. The Hall–Kier alpha value is -1.26. The van der Waals surface area contributed by atoms with Gasteiger partial charge in [-0.2, -0.15) is 0 Å². The average Bonchev–Trinajstić information content (AvgIpc) is 2.03. The lowest BCUT2D eigenvalue weighted by Gasteiger charge is -1.89. The lowest BCUT2D eigenvalue weighted by molar-refractivity contribution is -0.126. The molecule has 0 radical (unpaired) electrons. The summed E-state index contributed by atoms with van der Waals surface area (Å²) in [5.41, 5.74) is 0. The molecule has 0 aromatic rings. The topological polar surface area (TPSA) is 61.8 Å². The molecule has 0 aromatic heterocycles. The van der Waals surface area contributed by atoms with E-state index >= 15 is 0 Å². The van der Waals surface area contributed by atoms with Crippen molar-refractivity contribution in [3.8, 4) is 0 Å². The number of methoxy groups -OCH3 is 3. The van der Waals surface area contributed by atoms with Gasteiger partial charge in [-0.1, -0.05) is 14.9 Å². The summed E-state index contributed by atoms with van der Waals surface area (Å²) in [6.45, 7) is 0.375. The third-order valence-corrected chi connectivity index (χ3v) is 0.430. The van der Waals surface area contributed by atoms with E-state index in [0.29, 0.717) is 6.47 Å². The SMILES string of the molecule is C.C.COC(=O)OC.COC=O. The normalized spacial score (nSPS) is 5.25. The minimum atomic E-state index is -0.657. The van der Waals surface area contributed by atoms with Gasteiger partial charge < -0.3 is 14.2 Å². The second-order valence-electron chi connectivity index (χ2n) is 0.990. The first-order chi connectivity index (χ1) is 4.72. The van der Waals surface area contributed by atoms with Gasteiger partial charge in [0, 0.05) is 0 Å². The Kier molecular flexibility index (Phi) is 42.2. The van der Waals surface area contributed by atoms with Crippen molar-refractivity contribution in [1.82, 2.24) is 0 Å². The third-order valence-electron chi connectivity index (χ3n) is 0.430. The summed E-state index contributed by atoms with van der Waals surface area (Å²) in [5.74, 6) is 0. The molecule has 0 bridgehead atoms. The van der Waals surface area contributed by atoms with Crippen LogP contribution in [0.25, 0.3) is 0 Å². The van der Waals surface area contributed by atoms with Crippen molar-refractivity contribution in [2.45, 2.75) is 14.9 Å². The Balaban J connectivity index is -0.0000000483. The maximum absolute atomic E-state index is 9.74. The quantitative estimate of drug-likeness (QED) is 0.454. The first kappa shape index (κ1) is 22.4. The first-order valence-electron chi connectivity index (χ1n) is 2.31. The minimum Gasteiger partial charge on any atom is -0.471 e. The van der Waals surface area contributed by atoms with Crippen LogP contribution in [0.15, 0.2) is 0 Å². The van der Waals surface area contributed by atoms with Crippen LogP contribution in [0, 0.1) is 0 Å². The fourth-order valence-corrected chi connectivity index (χ4v) is 0.0833. The molecule has 0 aliphatic rings. The van der Waals surface area contributed by atoms with E-state index in [4.69, 9.17) is 4.79 Å². The smallest absolute Gasteiger partial charge is 0.471 e. The Morgan fingerprint density at radius 3 is 1.33 bits per heavy atom. The molecule has 0 N–H and O–H groups in total. The molecule has 0 rings (SSSR count). The van der Waals surface area contributed by atoms with Crippen LogP contribution in [0.3, 0.4) is 0 Å². The molecule has 12 heavy (non-hydrogen) atoms. The maximum Gasteiger partial charge on any atom is 0.507 e. The Morgan fingerprint density at radius 1 is 1.08 bits per heavy atom. The Labute approximate surface area is 73.6 Å². The maximum atomic E-state index is 9.74. The van der Waals surface area contributed by atoms with Crippen LogP contribution in [-0.4, -0.2) is 34.0 Å². The van der Waals surface area contributed by atoms with Crippen molar-refractivity contribution >= 4 is 12.6 Å². The molecule has 0 heterocycles. The molecule has 0 aromatic carbocycles. The Bertz CT molecular complexity index is 85.8. The van der Waals surface area contributed by atoms with Crippen LogP contribution < -0.4 is 0 Å². The molecule has 0 spiro atoms. The third kappa shape index (κ3) is 37.4. The zero-order valence-electron chi connectivity index (χ0n) is 6.12. The summed E-state index contributed by atoms with van der Waals surface area (Å²) in [5, 5.41) is 0. The number of carbonyl (C=O) groups is 2. The van der Waals surface area contributed by atoms with E-state index in [2.05, 4.69) is 14.2 Å². The summed E-state index contributed by atoms with van der Waals surface area (Å²) < 4.78 is 11.9. The number of hydrogen-bond acceptors (Lipinski definition) is 5. The molecule has 0 aliphatic heterocycles. The molecule has 0 saturated heterocycles. The van der Waals surface area contributed by atoms with Gasteiger partial charge in [-0.15, -0.1) is 0 Å². The molecule has 5 nitrogen and oxygen atoms in total. The van der Waals surface area contributed by atoms with E-state index in [0.717, 1.165) is 0 Å². The van der Waals surface area contributed by atoms with Crippen LogP contribution in [-0.2, 0) is 19.0 Å². The molecule has 0 amide bonds. The highest BCUT2D eigenvalue weighted by Crippen LogP contribution is 1.72. The number of carbonyl (C=O) groups excluding carboxylic acids is 2. The van der Waals surface area contributed by atoms with Gasteiger partial charge in [0.1, 0.15) is 0 Å². The average molecular weight is 182 g/mol. The molecule has 0 unspecified atom stereocenters. The summed E-state index contributed by atoms with van der Waals surface area (Å²) in [6.07, 6.45) is -0.657. The molecule has 0 atom stereocenters. The van der Waals surface area contributed by atoms with Crippen molar-refractivity contribution in [3.63, 3.8) is 0 Å². The highest BCUT2D eigenvalue weighted by Gasteiger charge is 1.88. The monoisotopic (exact) mass is 182 g/mol. The predicted molar refractivity (Wildman–Crippen MR) is 45.9 cm³/mol. The van der Waals surface area contributed by atoms with Crippen LogP contribution in [0.1, 0.15) is 14.9 Å². The largest absolute Gasteiger partial charge is 0.507 e. The van der Waals surface area contributed by atoms with Crippen molar-refractivity contribution in [3.05, 3.63) is 0 Å². The standard InChI is InChI=1S/C3H6O3.C2H4O2.2CH4/c1-5-3(4)6-2;1-4-2-3;;/h1-2H3;2H,1H3;2*1H4. The molecule has 0 aliphatic carbocycles. The number of hydrogen-bond donors (Lipinski definition) is 0. The van der Waals surface area contributed by atoms with Crippen LogP contribution in [0.4, 0.5) is 4.79 Å². The second kappa shape index (κ2) is 22.6. The van der Waals surface area contributed by atoms with Gasteiger partial charge in [-0.3, -0.25) is 4.79 Å². The van der Waals surface area contributed by atoms with Crippen LogP contribution in [0.2, 0.25) is 0 Å². The lowest BCUT2D eigenvalue weighted by atomic mass is 11.3. The summed E-state index contributed by atoms with van der Waals surface area (Å²) in [4.78, 5) is 18.7. The van der Waals surface area contributed by atoms with Gasteiger partial charge in [-0.05, 0) is 0 Å². The summed E-state index contributed by atoms with van der Waals surface area (Å²) in [7, 11) is 3.82. The fraction of sp³-hybridized carbons (Fsp3) is 0.714. The van der Waals surface area contributed by atoms with Gasteiger partial charge >= 0.3 is 6.16 Å². The van der Waals surface area contributed by atoms with Gasteiger partial charge in [0.05, 0.1) is 21.3 Å². The molecular formula is C7H18O5. The van der Waals surface area contributed by atoms with Crippen LogP contribution >= 0.6 is 0 Å². The minimum absolute atomic E-state index is 0. The van der Waals surface area contributed by atoms with Crippen molar-refractivity contribution in [2.75, 3.05) is 21.3 Å². The summed E-state index contributed by atoms with van der Waals surface area (Å²) >= 11 is 0. The van der Waals surface area contributed by atoms with E-state index in [9.17, 15) is 4.79 Å². The van der Waals surface area contributed by atoms with Gasteiger partial charge in [0.2, 0.25) is 0 Å². The molecule has 0 saturated carbocycles. The fourth-order valence-electron chi connectivity index (χ4n) is 0.0833. The number of rotatable bonds is 1. The van der Waals surface area contributed by atoms with E-state index < -0.39 is 6.16 Å². The van der Waals surface area contributed by atoms with E-state index in [1.165, 1.54) is 21.3 Å². The van der Waals surface area contributed by atoms with Gasteiger partial charge in [-0.25, -0.2) is 4.79 Å².